The summed E-state index contributed by atoms with van der Waals surface area (Å²) in [5.74, 6) is -0.510. The van der Waals surface area contributed by atoms with Crippen molar-refractivity contribution in [3.63, 3.8) is 0 Å². The van der Waals surface area contributed by atoms with Gasteiger partial charge in [0.15, 0.2) is 16.6 Å². The first-order valence-corrected chi connectivity index (χ1v) is 7.56. The number of hydrogen-bond donors (Lipinski definition) is 1. The second-order valence-corrected chi connectivity index (χ2v) is 5.84. The Bertz CT molecular complexity index is 428. The van der Waals surface area contributed by atoms with E-state index in [4.69, 9.17) is 5.11 Å². The van der Waals surface area contributed by atoms with Crippen LogP contribution in [0, 0.1) is 0 Å². The number of aromatic nitrogens is 1. The quantitative estimate of drug-likeness (QED) is 0.809. The number of carbonyl (C=O) groups is 2. The molecule has 0 radical (unpaired) electrons. The molecule has 18 heavy (non-hydrogen) atoms. The van der Waals surface area contributed by atoms with Crippen LogP contribution in [-0.2, 0) is 0 Å². The summed E-state index contributed by atoms with van der Waals surface area (Å²) in [6.07, 6.45) is 2.01. The fourth-order valence-electron chi connectivity index (χ4n) is 1.38. The minimum Gasteiger partial charge on any atom is -0.476 e. The summed E-state index contributed by atoms with van der Waals surface area (Å²) in [6.45, 7) is 3.39. The van der Waals surface area contributed by atoms with Crippen LogP contribution in [0.5, 0.6) is 0 Å². The number of aromatic carboxylic acids is 1. The van der Waals surface area contributed by atoms with Crippen molar-refractivity contribution in [2.24, 2.45) is 0 Å². The van der Waals surface area contributed by atoms with Gasteiger partial charge in [0.1, 0.15) is 4.88 Å². The van der Waals surface area contributed by atoms with Gasteiger partial charge in [0, 0.05) is 25.8 Å². The van der Waals surface area contributed by atoms with E-state index in [1.807, 2.05) is 25.1 Å². The van der Waals surface area contributed by atoms with Crippen LogP contribution in [0.3, 0.4) is 0 Å². The zero-order valence-electron chi connectivity index (χ0n) is 10.8. The molecule has 1 N–H and O–H groups in total. The van der Waals surface area contributed by atoms with Crippen LogP contribution in [-0.4, -0.2) is 46.9 Å². The zero-order valence-corrected chi connectivity index (χ0v) is 12.4. The number of anilines is 1. The first kappa shape index (κ1) is 15.0. The maximum atomic E-state index is 11.4. The fraction of sp³-hybridized carbons (Fsp3) is 0.545. The van der Waals surface area contributed by atoms with E-state index < -0.39 is 5.97 Å². The van der Waals surface area contributed by atoms with Gasteiger partial charge in [-0.1, -0.05) is 11.3 Å². The van der Waals surface area contributed by atoms with E-state index in [1.54, 1.807) is 11.8 Å². The number of Topliss-reactive ketones (excluding diaryl/α,β-unsaturated/α-hetero) is 1. The molecule has 5 nitrogen and oxygen atoms in total. The summed E-state index contributed by atoms with van der Waals surface area (Å²) in [5, 5.41) is 9.59. The average molecular weight is 288 g/mol. The summed E-state index contributed by atoms with van der Waals surface area (Å²) < 4.78 is 0. The first-order chi connectivity index (χ1) is 8.38. The highest BCUT2D eigenvalue weighted by Crippen LogP contribution is 2.27. The van der Waals surface area contributed by atoms with Gasteiger partial charge < -0.3 is 10.0 Å². The molecule has 7 heteroatoms. The lowest BCUT2D eigenvalue weighted by atomic mass is 10.3. The smallest absolute Gasteiger partial charge is 0.356 e. The predicted molar refractivity (Wildman–Crippen MR) is 75.3 cm³/mol. The largest absolute Gasteiger partial charge is 0.476 e. The zero-order chi connectivity index (χ0) is 13.9. The van der Waals surface area contributed by atoms with Gasteiger partial charge in [-0.05, 0) is 13.2 Å². The lowest BCUT2D eigenvalue weighted by molar-refractivity contribution is 0.0687. The molecule has 1 atom stereocenters. The standard InChI is InChI=1S/C11H16N2O3S2/c1-6(5-17-4)13(3)11-12-8(10(15)16)9(18-11)7(2)14/h6H,5H2,1-4H3,(H,15,16). The Labute approximate surface area is 114 Å². The van der Waals surface area contributed by atoms with E-state index in [2.05, 4.69) is 4.98 Å². The van der Waals surface area contributed by atoms with Gasteiger partial charge in [-0.3, -0.25) is 4.79 Å². The molecule has 1 aromatic heterocycles. The summed E-state index contributed by atoms with van der Waals surface area (Å²) in [5.41, 5.74) is -0.147. The number of ketones is 1. The van der Waals surface area contributed by atoms with Gasteiger partial charge in [0.2, 0.25) is 0 Å². The molecule has 0 bridgehead atoms. The highest BCUT2D eigenvalue weighted by molar-refractivity contribution is 7.98. The number of carboxylic acid groups (broad SMARTS) is 1. The molecule has 0 aliphatic heterocycles. The summed E-state index contributed by atoms with van der Waals surface area (Å²) >= 11 is 2.84. The molecule has 1 heterocycles. The number of rotatable bonds is 6. The summed E-state index contributed by atoms with van der Waals surface area (Å²) in [6, 6.07) is 0.229. The monoisotopic (exact) mass is 288 g/mol. The second-order valence-electron chi connectivity index (χ2n) is 3.95. The van der Waals surface area contributed by atoms with E-state index in [1.165, 1.54) is 6.92 Å². The van der Waals surface area contributed by atoms with Gasteiger partial charge in [-0.25, -0.2) is 9.78 Å². The van der Waals surface area contributed by atoms with E-state index in [0.29, 0.717) is 5.13 Å². The van der Waals surface area contributed by atoms with Crippen LogP contribution in [0.15, 0.2) is 0 Å². The van der Waals surface area contributed by atoms with E-state index in [-0.39, 0.29) is 22.4 Å². The molecule has 0 saturated heterocycles. The van der Waals surface area contributed by atoms with E-state index in [9.17, 15) is 9.59 Å². The molecule has 0 amide bonds. The number of carboxylic acids is 1. The number of thioether (sulfide) groups is 1. The Morgan fingerprint density at radius 1 is 1.56 bits per heavy atom. The third-order valence-corrected chi connectivity index (χ3v) is 4.57. The van der Waals surface area contributed by atoms with Gasteiger partial charge in [0.25, 0.3) is 0 Å². The Morgan fingerprint density at radius 2 is 2.17 bits per heavy atom. The highest BCUT2D eigenvalue weighted by Gasteiger charge is 2.23. The van der Waals surface area contributed by atoms with Crippen molar-refractivity contribution in [1.29, 1.82) is 0 Å². The van der Waals surface area contributed by atoms with Crippen molar-refractivity contribution in [3.05, 3.63) is 10.6 Å². The Morgan fingerprint density at radius 3 is 2.56 bits per heavy atom. The second kappa shape index (κ2) is 6.19. The van der Waals surface area contributed by atoms with Crippen molar-refractivity contribution in [3.8, 4) is 0 Å². The van der Waals surface area contributed by atoms with Crippen molar-refractivity contribution in [2.45, 2.75) is 19.9 Å². The highest BCUT2D eigenvalue weighted by atomic mass is 32.2. The van der Waals surface area contributed by atoms with Gasteiger partial charge in [-0.2, -0.15) is 11.8 Å². The van der Waals surface area contributed by atoms with Crippen LogP contribution < -0.4 is 4.90 Å². The molecule has 1 aromatic rings. The number of hydrogen-bond acceptors (Lipinski definition) is 6. The lowest BCUT2D eigenvalue weighted by Crippen LogP contribution is -2.30. The van der Waals surface area contributed by atoms with Crippen LogP contribution >= 0.6 is 23.1 Å². The van der Waals surface area contributed by atoms with Crippen LogP contribution in [0.4, 0.5) is 5.13 Å². The van der Waals surface area contributed by atoms with Crippen LogP contribution in [0.2, 0.25) is 0 Å². The van der Waals surface area contributed by atoms with E-state index >= 15 is 0 Å². The molecule has 1 unspecified atom stereocenters. The first-order valence-electron chi connectivity index (χ1n) is 5.35. The lowest BCUT2D eigenvalue weighted by Gasteiger charge is -2.23. The Hall–Kier alpha value is -1.08. The van der Waals surface area contributed by atoms with E-state index in [0.717, 1.165) is 17.1 Å². The van der Waals surface area contributed by atoms with Crippen LogP contribution in [0.25, 0.3) is 0 Å². The number of nitrogens with zero attached hydrogens (tertiary/aromatic N) is 2. The maximum absolute atomic E-state index is 11.4. The molecular weight excluding hydrogens is 272 g/mol. The predicted octanol–water partition coefficient (Wildman–Crippen LogP) is 2.23. The Kier molecular flexibility index (Phi) is 5.15. The summed E-state index contributed by atoms with van der Waals surface area (Å²) in [4.78, 5) is 28.6. The molecule has 1 rings (SSSR count). The van der Waals surface area contributed by atoms with Gasteiger partial charge in [-0.15, -0.1) is 0 Å². The molecule has 0 saturated carbocycles. The third-order valence-electron chi connectivity index (χ3n) is 2.51. The SMILES string of the molecule is CSCC(C)N(C)c1nc(C(=O)O)c(C(C)=O)s1. The van der Waals surface area contributed by atoms with Crippen molar-refractivity contribution >= 4 is 40.0 Å². The Balaban J connectivity index is 3.08. The van der Waals surface area contributed by atoms with Crippen LogP contribution in [0.1, 0.15) is 34.0 Å². The molecule has 0 aliphatic rings. The third kappa shape index (κ3) is 3.23. The van der Waals surface area contributed by atoms with Crippen molar-refractivity contribution < 1.29 is 14.7 Å². The molecular formula is C11H16N2O3S2. The minimum atomic E-state index is -1.16. The molecule has 0 aliphatic carbocycles. The number of carbonyl (C=O) groups excluding carboxylic acids is 1. The molecule has 100 valence electrons. The normalized spacial score (nSPS) is 12.2. The van der Waals surface area contributed by atoms with Crippen molar-refractivity contribution in [1.82, 2.24) is 4.98 Å². The minimum absolute atomic E-state index is 0.147. The average Bonchev–Trinajstić information content (AvgIpc) is 2.73. The summed E-state index contributed by atoms with van der Waals surface area (Å²) in [7, 11) is 1.86. The maximum Gasteiger partial charge on any atom is 0.356 e. The number of thiazole rings is 1. The molecule has 0 fully saturated rings. The fourth-order valence-corrected chi connectivity index (χ4v) is 3.11. The topological polar surface area (TPSA) is 70.5 Å². The van der Waals surface area contributed by atoms with Gasteiger partial charge >= 0.3 is 5.97 Å². The molecule has 0 spiro atoms. The van der Waals surface area contributed by atoms with Gasteiger partial charge in [0.05, 0.1) is 0 Å². The molecule has 0 aromatic carbocycles. The van der Waals surface area contributed by atoms with Crippen molar-refractivity contribution in [2.75, 3.05) is 24.0 Å².